The molecule has 1 aliphatic heterocycles. The van der Waals surface area contributed by atoms with E-state index in [4.69, 9.17) is 10.00 Å². The summed E-state index contributed by atoms with van der Waals surface area (Å²) in [6.45, 7) is 3.68. The summed E-state index contributed by atoms with van der Waals surface area (Å²) in [6, 6.07) is 7.35. The first-order valence-corrected chi connectivity index (χ1v) is 5.55. The molecule has 4 nitrogen and oxygen atoms in total. The normalized spacial score (nSPS) is 25.6. The van der Waals surface area contributed by atoms with Crippen LogP contribution in [0.2, 0.25) is 0 Å². The second kappa shape index (κ2) is 3.73. The number of ether oxygens (including phenoxy) is 1. The molecule has 1 atom stereocenters. The first kappa shape index (κ1) is 11.9. The van der Waals surface area contributed by atoms with E-state index in [0.717, 1.165) is 11.3 Å². The molecule has 0 aromatic heterocycles. The van der Waals surface area contributed by atoms with Gasteiger partial charge >= 0.3 is 0 Å². The molecule has 2 rings (SSSR count). The standard InChI is InChI=1S/C13H16N2O2/c1-12(2)13(16,15-3)7-10-6-9(8-14)4-5-11(10)17-12/h4-6,15-16H,7H2,1-3H3. The summed E-state index contributed by atoms with van der Waals surface area (Å²) in [5, 5.41) is 22.3. The molecule has 90 valence electrons. The van der Waals surface area contributed by atoms with E-state index in [1.54, 1.807) is 25.2 Å². The number of nitrogens with one attached hydrogen (secondary N) is 1. The Morgan fingerprint density at radius 1 is 1.47 bits per heavy atom. The van der Waals surface area contributed by atoms with E-state index in [9.17, 15) is 5.11 Å². The van der Waals surface area contributed by atoms with Gasteiger partial charge in [0.05, 0.1) is 11.6 Å². The Kier molecular flexibility index (Phi) is 2.61. The lowest BCUT2D eigenvalue weighted by Gasteiger charge is -2.46. The van der Waals surface area contributed by atoms with Gasteiger partial charge < -0.3 is 9.84 Å². The van der Waals surface area contributed by atoms with Gasteiger partial charge in [-0.1, -0.05) is 0 Å². The lowest BCUT2D eigenvalue weighted by molar-refractivity contribution is -0.143. The molecule has 1 heterocycles. The Balaban J connectivity index is 2.48. The van der Waals surface area contributed by atoms with Crippen molar-refractivity contribution in [3.8, 4) is 11.8 Å². The molecular formula is C13H16N2O2. The van der Waals surface area contributed by atoms with Gasteiger partial charge in [-0.05, 0) is 44.7 Å². The SMILES string of the molecule is CNC1(O)Cc2cc(C#N)ccc2OC1(C)C. The summed E-state index contributed by atoms with van der Waals surface area (Å²) >= 11 is 0. The zero-order valence-electron chi connectivity index (χ0n) is 10.2. The number of hydrogen-bond donors (Lipinski definition) is 2. The van der Waals surface area contributed by atoms with Gasteiger partial charge in [-0.3, -0.25) is 5.32 Å². The van der Waals surface area contributed by atoms with Crippen LogP contribution in [0.1, 0.15) is 25.0 Å². The largest absolute Gasteiger partial charge is 0.483 e. The number of likely N-dealkylation sites (N-methyl/N-ethyl adjacent to an activating group) is 1. The summed E-state index contributed by atoms with van der Waals surface area (Å²) in [5.74, 6) is 0.730. The maximum Gasteiger partial charge on any atom is 0.159 e. The van der Waals surface area contributed by atoms with Crippen LogP contribution in [0.3, 0.4) is 0 Å². The van der Waals surface area contributed by atoms with E-state index in [1.807, 2.05) is 13.8 Å². The van der Waals surface area contributed by atoms with Crippen molar-refractivity contribution >= 4 is 0 Å². The number of hydrogen-bond acceptors (Lipinski definition) is 4. The van der Waals surface area contributed by atoms with Gasteiger partial charge in [-0.15, -0.1) is 0 Å². The number of rotatable bonds is 1. The minimum atomic E-state index is -1.13. The molecule has 0 amide bonds. The fraction of sp³-hybridized carbons (Fsp3) is 0.462. The molecule has 1 aromatic rings. The Morgan fingerprint density at radius 3 is 2.76 bits per heavy atom. The molecule has 0 spiro atoms. The van der Waals surface area contributed by atoms with Crippen LogP contribution in [0.4, 0.5) is 0 Å². The number of nitriles is 1. The minimum absolute atomic E-state index is 0.418. The van der Waals surface area contributed by atoms with E-state index < -0.39 is 11.3 Å². The number of benzene rings is 1. The quantitative estimate of drug-likeness (QED) is 0.714. The van der Waals surface area contributed by atoms with Crippen molar-refractivity contribution in [3.05, 3.63) is 29.3 Å². The average Bonchev–Trinajstić information content (AvgIpc) is 2.29. The third-order valence-corrected chi connectivity index (χ3v) is 3.41. The maximum atomic E-state index is 10.5. The predicted octanol–water partition coefficient (Wildman–Crippen LogP) is 1.18. The highest BCUT2D eigenvalue weighted by Crippen LogP contribution is 2.38. The summed E-state index contributed by atoms with van der Waals surface area (Å²) in [5.41, 5.74) is -0.428. The number of fused-ring (bicyclic) bond motifs is 1. The van der Waals surface area contributed by atoms with Crippen molar-refractivity contribution in [1.29, 1.82) is 5.26 Å². The molecule has 0 saturated carbocycles. The highest BCUT2D eigenvalue weighted by Gasteiger charge is 2.48. The smallest absolute Gasteiger partial charge is 0.159 e. The third kappa shape index (κ3) is 1.78. The summed E-state index contributed by atoms with van der Waals surface area (Å²) < 4.78 is 5.80. The molecule has 1 aliphatic rings. The molecule has 0 saturated heterocycles. The van der Waals surface area contributed by atoms with E-state index in [1.165, 1.54) is 0 Å². The molecule has 0 radical (unpaired) electrons. The van der Waals surface area contributed by atoms with Crippen LogP contribution in [-0.4, -0.2) is 23.5 Å². The minimum Gasteiger partial charge on any atom is -0.483 e. The Labute approximate surface area is 101 Å². The molecule has 1 aromatic carbocycles. The Morgan fingerprint density at radius 2 is 2.18 bits per heavy atom. The Hall–Kier alpha value is -1.57. The average molecular weight is 232 g/mol. The molecular weight excluding hydrogens is 216 g/mol. The zero-order valence-corrected chi connectivity index (χ0v) is 10.2. The van der Waals surface area contributed by atoms with Crippen LogP contribution in [-0.2, 0) is 6.42 Å². The van der Waals surface area contributed by atoms with E-state index in [0.29, 0.717) is 12.0 Å². The first-order chi connectivity index (χ1) is 7.92. The van der Waals surface area contributed by atoms with Crippen molar-refractivity contribution in [1.82, 2.24) is 5.32 Å². The van der Waals surface area contributed by atoms with Crippen LogP contribution in [0.5, 0.6) is 5.75 Å². The number of aliphatic hydroxyl groups is 1. The van der Waals surface area contributed by atoms with Crippen LogP contribution in [0, 0.1) is 11.3 Å². The second-order valence-electron chi connectivity index (χ2n) is 4.83. The highest BCUT2D eigenvalue weighted by molar-refractivity contribution is 5.45. The molecule has 0 aliphatic carbocycles. The van der Waals surface area contributed by atoms with Gasteiger partial charge in [0.15, 0.2) is 5.72 Å². The van der Waals surface area contributed by atoms with Crippen molar-refractivity contribution < 1.29 is 9.84 Å². The van der Waals surface area contributed by atoms with Gasteiger partial charge in [0.25, 0.3) is 0 Å². The van der Waals surface area contributed by atoms with E-state index in [-0.39, 0.29) is 0 Å². The monoisotopic (exact) mass is 232 g/mol. The summed E-state index contributed by atoms with van der Waals surface area (Å²) in [7, 11) is 1.70. The van der Waals surface area contributed by atoms with Crippen LogP contribution in [0.15, 0.2) is 18.2 Å². The molecule has 0 fully saturated rings. The first-order valence-electron chi connectivity index (χ1n) is 5.55. The third-order valence-electron chi connectivity index (χ3n) is 3.41. The van der Waals surface area contributed by atoms with Crippen molar-refractivity contribution in [2.75, 3.05) is 7.05 Å². The maximum absolute atomic E-state index is 10.5. The van der Waals surface area contributed by atoms with Gasteiger partial charge in [-0.25, -0.2) is 0 Å². The lowest BCUT2D eigenvalue weighted by atomic mass is 9.84. The predicted molar refractivity (Wildman–Crippen MR) is 63.6 cm³/mol. The van der Waals surface area contributed by atoms with Gasteiger partial charge in [0.2, 0.25) is 0 Å². The topological polar surface area (TPSA) is 65.3 Å². The Bertz CT molecular complexity index is 491. The number of nitrogens with zero attached hydrogens (tertiary/aromatic N) is 1. The fourth-order valence-corrected chi connectivity index (χ4v) is 2.12. The van der Waals surface area contributed by atoms with Crippen LogP contribution >= 0.6 is 0 Å². The molecule has 0 bridgehead atoms. The van der Waals surface area contributed by atoms with Gasteiger partial charge in [-0.2, -0.15) is 5.26 Å². The van der Waals surface area contributed by atoms with Crippen molar-refractivity contribution in [3.63, 3.8) is 0 Å². The summed E-state index contributed by atoms with van der Waals surface area (Å²) in [4.78, 5) is 0. The van der Waals surface area contributed by atoms with Crippen molar-refractivity contribution in [2.24, 2.45) is 0 Å². The summed E-state index contributed by atoms with van der Waals surface area (Å²) in [6.07, 6.45) is 0.418. The van der Waals surface area contributed by atoms with E-state index in [2.05, 4.69) is 11.4 Å². The van der Waals surface area contributed by atoms with E-state index >= 15 is 0 Å². The second-order valence-corrected chi connectivity index (χ2v) is 4.83. The molecule has 2 N–H and O–H groups in total. The fourth-order valence-electron chi connectivity index (χ4n) is 2.12. The molecule has 17 heavy (non-hydrogen) atoms. The van der Waals surface area contributed by atoms with Crippen LogP contribution in [0.25, 0.3) is 0 Å². The van der Waals surface area contributed by atoms with Gasteiger partial charge in [0, 0.05) is 6.42 Å². The van der Waals surface area contributed by atoms with Gasteiger partial charge in [0.1, 0.15) is 11.4 Å². The highest BCUT2D eigenvalue weighted by atomic mass is 16.5. The van der Waals surface area contributed by atoms with Crippen LogP contribution < -0.4 is 10.1 Å². The molecule has 4 heteroatoms. The van der Waals surface area contributed by atoms with Crippen molar-refractivity contribution in [2.45, 2.75) is 31.6 Å². The lowest BCUT2D eigenvalue weighted by Crippen LogP contribution is -2.65. The zero-order chi connectivity index (χ0) is 12.7. The molecule has 1 unspecified atom stereocenters.